The van der Waals surface area contributed by atoms with Crippen LogP contribution in [-0.2, 0) is 0 Å². The fraction of sp³-hybridized carbons (Fsp3) is 0.174. The highest BCUT2D eigenvalue weighted by molar-refractivity contribution is 6.13. The number of carbonyl (C=O) groups excluding carboxylic acids is 1. The lowest BCUT2D eigenvalue weighted by molar-refractivity contribution is -0.383. The average Bonchev–Trinajstić information content (AvgIpc) is 2.81. The summed E-state index contributed by atoms with van der Waals surface area (Å²) < 4.78 is 0. The molecule has 0 aliphatic rings. The Hall–Kier alpha value is -4.27. The van der Waals surface area contributed by atoms with E-state index in [1.165, 1.54) is 19.3 Å². The Bertz CT molecular complexity index is 1130. The van der Waals surface area contributed by atoms with Crippen molar-refractivity contribution in [1.29, 1.82) is 0 Å². The van der Waals surface area contributed by atoms with Gasteiger partial charge in [-0.2, -0.15) is 0 Å². The van der Waals surface area contributed by atoms with E-state index in [1.54, 1.807) is 48.5 Å². The third-order valence-electron chi connectivity index (χ3n) is 4.89. The molecular weight excluding hydrogens is 412 g/mol. The van der Waals surface area contributed by atoms with Gasteiger partial charge >= 0.3 is 11.8 Å². The number of carboxylic acid groups (broad SMARTS) is 1. The molecule has 0 aliphatic heterocycles. The monoisotopic (exact) mass is 434 g/mol. The summed E-state index contributed by atoms with van der Waals surface area (Å²) in [5.74, 6) is -0.175. The molecule has 0 bridgehead atoms. The Balaban J connectivity index is 1.94. The largest absolute Gasteiger partial charge is 0.465 e. The van der Waals surface area contributed by atoms with Gasteiger partial charge in [-0.15, -0.1) is 0 Å². The second-order valence-corrected chi connectivity index (χ2v) is 7.04. The van der Waals surface area contributed by atoms with Gasteiger partial charge in [-0.1, -0.05) is 54.6 Å². The first-order valence-corrected chi connectivity index (χ1v) is 9.90. The normalized spacial score (nSPS) is 10.4. The lowest BCUT2D eigenvalue weighted by Crippen LogP contribution is -2.27. The van der Waals surface area contributed by atoms with Gasteiger partial charge in [-0.25, -0.2) is 9.78 Å². The van der Waals surface area contributed by atoms with Crippen LogP contribution >= 0.6 is 0 Å². The number of ketones is 1. The predicted molar refractivity (Wildman–Crippen MR) is 120 cm³/mol. The van der Waals surface area contributed by atoms with Gasteiger partial charge in [0.2, 0.25) is 5.82 Å². The van der Waals surface area contributed by atoms with E-state index in [-0.39, 0.29) is 29.4 Å². The van der Waals surface area contributed by atoms with Gasteiger partial charge in [0.05, 0.1) is 10.5 Å². The number of amides is 1. The molecule has 0 saturated heterocycles. The van der Waals surface area contributed by atoms with E-state index in [0.29, 0.717) is 29.7 Å². The van der Waals surface area contributed by atoms with E-state index in [4.69, 9.17) is 5.11 Å². The van der Waals surface area contributed by atoms with Crippen molar-refractivity contribution in [2.24, 2.45) is 0 Å². The van der Waals surface area contributed by atoms with Gasteiger partial charge in [0.1, 0.15) is 0 Å². The molecule has 0 fully saturated rings. The number of rotatable bonds is 9. The second kappa shape index (κ2) is 10.2. The predicted octanol–water partition coefficient (Wildman–Crippen LogP) is 4.30. The fourth-order valence-corrected chi connectivity index (χ4v) is 3.27. The minimum Gasteiger partial charge on any atom is -0.465 e. The summed E-state index contributed by atoms with van der Waals surface area (Å²) in [6, 6.07) is 17.0. The zero-order chi connectivity index (χ0) is 23.1. The maximum absolute atomic E-state index is 13.1. The number of pyridine rings is 1. The number of aromatic nitrogens is 1. The van der Waals surface area contributed by atoms with Gasteiger partial charge in [0.15, 0.2) is 5.78 Å². The summed E-state index contributed by atoms with van der Waals surface area (Å²) in [6.07, 6.45) is 0.836. The first kappa shape index (κ1) is 22.4. The van der Waals surface area contributed by atoms with Crippen LogP contribution < -0.4 is 5.32 Å². The highest BCUT2D eigenvalue weighted by atomic mass is 16.6. The number of hydrogen-bond donors (Lipinski definition) is 2. The number of benzene rings is 2. The van der Waals surface area contributed by atoms with Gasteiger partial charge in [-0.3, -0.25) is 14.9 Å². The molecule has 9 heteroatoms. The quantitative estimate of drug-likeness (QED) is 0.223. The highest BCUT2D eigenvalue weighted by Gasteiger charge is 2.25. The molecule has 1 amide bonds. The Kier molecular flexibility index (Phi) is 7.12. The van der Waals surface area contributed by atoms with Gasteiger partial charge in [-0.05, 0) is 18.1 Å². The molecule has 0 atom stereocenters. The van der Waals surface area contributed by atoms with Crippen molar-refractivity contribution >= 4 is 23.4 Å². The molecule has 9 nitrogen and oxygen atoms in total. The highest BCUT2D eigenvalue weighted by Crippen LogP contribution is 2.37. The molecule has 0 spiro atoms. The maximum atomic E-state index is 13.1. The van der Waals surface area contributed by atoms with Crippen LogP contribution in [0.5, 0.6) is 0 Å². The molecule has 0 saturated carbocycles. The SMILES string of the molecule is CN(CCCNc1nccc(-c2ccccc2C(=O)c2ccccc2)c1[N+](=O)[O-])C(=O)O. The minimum atomic E-state index is -1.05. The molecule has 1 heterocycles. The third kappa shape index (κ3) is 5.07. The first-order valence-electron chi connectivity index (χ1n) is 9.90. The van der Waals surface area contributed by atoms with Crippen LogP contribution in [0.25, 0.3) is 11.1 Å². The number of nitrogens with one attached hydrogen (secondary N) is 1. The third-order valence-corrected chi connectivity index (χ3v) is 4.89. The van der Waals surface area contributed by atoms with Gasteiger partial charge < -0.3 is 15.3 Å². The smallest absolute Gasteiger partial charge is 0.407 e. The second-order valence-electron chi connectivity index (χ2n) is 7.04. The summed E-state index contributed by atoms with van der Waals surface area (Å²) in [6.45, 7) is 0.559. The Labute approximate surface area is 184 Å². The standard InChI is InChI=1S/C23H22N4O5/c1-26(23(29)30)15-7-13-24-22-20(27(31)32)18(12-14-25-22)17-10-5-6-11-19(17)21(28)16-8-3-2-4-9-16/h2-6,8-12,14H,7,13,15H2,1H3,(H,24,25)(H,29,30). The summed E-state index contributed by atoms with van der Waals surface area (Å²) in [5.41, 5.74) is 1.30. The molecule has 3 rings (SSSR count). The summed E-state index contributed by atoms with van der Waals surface area (Å²) in [5, 5.41) is 23.8. The molecule has 3 aromatic rings. The molecule has 2 N–H and O–H groups in total. The number of hydrogen-bond acceptors (Lipinski definition) is 6. The summed E-state index contributed by atoms with van der Waals surface area (Å²) in [7, 11) is 1.45. The Morgan fingerprint density at radius 2 is 1.75 bits per heavy atom. The van der Waals surface area contributed by atoms with Crippen LogP contribution in [0, 0.1) is 10.1 Å². The van der Waals surface area contributed by atoms with E-state index < -0.39 is 11.0 Å². The molecular formula is C23H22N4O5. The molecule has 2 aromatic carbocycles. The Morgan fingerprint density at radius 1 is 1.06 bits per heavy atom. The van der Waals surface area contributed by atoms with E-state index in [2.05, 4.69) is 10.3 Å². The molecule has 0 radical (unpaired) electrons. The summed E-state index contributed by atoms with van der Waals surface area (Å²) in [4.78, 5) is 40.6. The van der Waals surface area contributed by atoms with Gasteiger partial charge in [0, 0.05) is 37.5 Å². The molecule has 1 aromatic heterocycles. The van der Waals surface area contributed by atoms with Crippen LogP contribution in [-0.4, -0.2) is 51.9 Å². The number of nitrogens with zero attached hydrogens (tertiary/aromatic N) is 3. The van der Waals surface area contributed by atoms with Crippen molar-refractivity contribution in [1.82, 2.24) is 9.88 Å². The number of anilines is 1. The molecule has 0 aliphatic carbocycles. The molecule has 164 valence electrons. The maximum Gasteiger partial charge on any atom is 0.407 e. The van der Waals surface area contributed by atoms with E-state index in [9.17, 15) is 19.7 Å². The molecule has 32 heavy (non-hydrogen) atoms. The Morgan fingerprint density at radius 3 is 2.44 bits per heavy atom. The van der Waals surface area contributed by atoms with E-state index in [0.717, 1.165) is 4.90 Å². The summed E-state index contributed by atoms with van der Waals surface area (Å²) >= 11 is 0. The van der Waals surface area contributed by atoms with Crippen molar-refractivity contribution in [2.75, 3.05) is 25.5 Å². The van der Waals surface area contributed by atoms with Crippen molar-refractivity contribution in [3.05, 3.63) is 88.1 Å². The van der Waals surface area contributed by atoms with Crippen LogP contribution in [0.3, 0.4) is 0 Å². The fourth-order valence-electron chi connectivity index (χ4n) is 3.27. The molecule has 0 unspecified atom stereocenters. The zero-order valence-electron chi connectivity index (χ0n) is 17.4. The van der Waals surface area contributed by atoms with Crippen LogP contribution in [0.15, 0.2) is 66.9 Å². The number of nitro groups is 1. The van der Waals surface area contributed by atoms with Crippen LogP contribution in [0.4, 0.5) is 16.3 Å². The number of carbonyl (C=O) groups is 2. The van der Waals surface area contributed by atoms with Crippen LogP contribution in [0.1, 0.15) is 22.3 Å². The topological polar surface area (TPSA) is 126 Å². The average molecular weight is 434 g/mol. The van der Waals surface area contributed by atoms with Crippen molar-refractivity contribution in [3.8, 4) is 11.1 Å². The first-order chi connectivity index (χ1) is 15.4. The van der Waals surface area contributed by atoms with E-state index in [1.807, 2.05) is 6.07 Å². The lowest BCUT2D eigenvalue weighted by Gasteiger charge is -2.14. The minimum absolute atomic E-state index is 0.0624. The van der Waals surface area contributed by atoms with Crippen molar-refractivity contribution < 1.29 is 19.6 Å². The van der Waals surface area contributed by atoms with Gasteiger partial charge in [0.25, 0.3) is 0 Å². The zero-order valence-corrected chi connectivity index (χ0v) is 17.4. The lowest BCUT2D eigenvalue weighted by atomic mass is 9.93. The van der Waals surface area contributed by atoms with Crippen LogP contribution in [0.2, 0.25) is 0 Å². The van der Waals surface area contributed by atoms with E-state index >= 15 is 0 Å². The van der Waals surface area contributed by atoms with Crippen molar-refractivity contribution in [2.45, 2.75) is 6.42 Å². The van der Waals surface area contributed by atoms with Crippen molar-refractivity contribution in [3.63, 3.8) is 0 Å².